The van der Waals surface area contributed by atoms with Gasteiger partial charge in [0.2, 0.25) is 0 Å². The third-order valence-corrected chi connectivity index (χ3v) is 2.77. The lowest BCUT2D eigenvalue weighted by atomic mass is 10.1. The maximum absolute atomic E-state index is 12.9. The molecule has 0 amide bonds. The standard InChI is InChI=1S/C14H11F3O3/c1-3-6-19-11-5-4-9-10(14(15,16)17)7-12(18)20-13(9)8(11)2/h3-5,7H,1,6H2,2H3. The molecule has 0 aliphatic heterocycles. The molecule has 0 saturated carbocycles. The fourth-order valence-corrected chi connectivity index (χ4v) is 1.88. The molecule has 0 bridgehead atoms. The van der Waals surface area contributed by atoms with Crippen molar-refractivity contribution in [2.45, 2.75) is 13.1 Å². The summed E-state index contributed by atoms with van der Waals surface area (Å²) in [5.41, 5.74) is -1.84. The van der Waals surface area contributed by atoms with Crippen LogP contribution in [-0.4, -0.2) is 6.61 Å². The summed E-state index contributed by atoms with van der Waals surface area (Å²) in [6.45, 7) is 5.22. The molecule has 0 radical (unpaired) electrons. The fraction of sp³-hybridized carbons (Fsp3) is 0.214. The summed E-state index contributed by atoms with van der Waals surface area (Å²) in [4.78, 5) is 11.3. The zero-order chi connectivity index (χ0) is 14.9. The molecule has 2 aromatic rings. The van der Waals surface area contributed by atoms with Gasteiger partial charge in [-0.25, -0.2) is 4.79 Å². The minimum atomic E-state index is -4.62. The quantitative estimate of drug-likeness (QED) is 0.637. The number of rotatable bonds is 3. The van der Waals surface area contributed by atoms with E-state index < -0.39 is 17.4 Å². The third-order valence-electron chi connectivity index (χ3n) is 2.77. The molecule has 0 unspecified atom stereocenters. The number of aryl methyl sites for hydroxylation is 1. The summed E-state index contributed by atoms with van der Waals surface area (Å²) in [5.74, 6) is 0.347. The van der Waals surface area contributed by atoms with Gasteiger partial charge in [0.1, 0.15) is 17.9 Å². The van der Waals surface area contributed by atoms with Crippen molar-refractivity contribution >= 4 is 11.0 Å². The van der Waals surface area contributed by atoms with Gasteiger partial charge in [-0.1, -0.05) is 12.7 Å². The summed E-state index contributed by atoms with van der Waals surface area (Å²) >= 11 is 0. The van der Waals surface area contributed by atoms with Crippen LogP contribution in [0.25, 0.3) is 11.0 Å². The monoisotopic (exact) mass is 284 g/mol. The van der Waals surface area contributed by atoms with Crippen LogP contribution in [0.15, 0.2) is 40.1 Å². The maximum Gasteiger partial charge on any atom is 0.417 e. The van der Waals surface area contributed by atoms with Crippen LogP contribution in [0.1, 0.15) is 11.1 Å². The van der Waals surface area contributed by atoms with Gasteiger partial charge < -0.3 is 9.15 Å². The van der Waals surface area contributed by atoms with Crippen molar-refractivity contribution < 1.29 is 22.3 Å². The second kappa shape index (κ2) is 5.03. The lowest BCUT2D eigenvalue weighted by molar-refractivity contribution is -0.136. The summed E-state index contributed by atoms with van der Waals surface area (Å²) in [6.07, 6.45) is -3.12. The summed E-state index contributed by atoms with van der Waals surface area (Å²) in [6, 6.07) is 3.09. The Kier molecular flexibility index (Phi) is 3.57. The van der Waals surface area contributed by atoms with Gasteiger partial charge in [-0.05, 0) is 19.1 Å². The average molecular weight is 284 g/mol. The van der Waals surface area contributed by atoms with Crippen LogP contribution < -0.4 is 10.4 Å². The van der Waals surface area contributed by atoms with Crippen molar-refractivity contribution in [2.24, 2.45) is 0 Å². The molecule has 1 aromatic carbocycles. The highest BCUT2D eigenvalue weighted by atomic mass is 19.4. The van der Waals surface area contributed by atoms with Crippen LogP contribution in [0.4, 0.5) is 13.2 Å². The molecule has 3 nitrogen and oxygen atoms in total. The Morgan fingerprint density at radius 2 is 2.10 bits per heavy atom. The molecule has 1 heterocycles. The molecule has 0 atom stereocenters. The van der Waals surface area contributed by atoms with Crippen molar-refractivity contribution in [2.75, 3.05) is 6.61 Å². The van der Waals surface area contributed by atoms with E-state index in [9.17, 15) is 18.0 Å². The minimum absolute atomic E-state index is 0.119. The largest absolute Gasteiger partial charge is 0.489 e. The first-order valence-corrected chi connectivity index (χ1v) is 5.73. The molecule has 0 N–H and O–H groups in total. The van der Waals surface area contributed by atoms with E-state index in [1.165, 1.54) is 25.1 Å². The van der Waals surface area contributed by atoms with E-state index in [4.69, 9.17) is 9.15 Å². The van der Waals surface area contributed by atoms with Crippen LogP contribution in [0.2, 0.25) is 0 Å². The number of hydrogen-bond acceptors (Lipinski definition) is 3. The van der Waals surface area contributed by atoms with E-state index in [-0.39, 0.29) is 17.6 Å². The normalized spacial score (nSPS) is 11.6. The van der Waals surface area contributed by atoms with E-state index in [1.54, 1.807) is 0 Å². The first-order valence-electron chi connectivity index (χ1n) is 5.73. The molecule has 0 aliphatic rings. The number of ether oxygens (including phenoxy) is 1. The Bertz CT molecular complexity index is 714. The van der Waals surface area contributed by atoms with Crippen molar-refractivity contribution in [3.8, 4) is 5.75 Å². The molecule has 6 heteroatoms. The van der Waals surface area contributed by atoms with Gasteiger partial charge in [-0.15, -0.1) is 0 Å². The van der Waals surface area contributed by atoms with Gasteiger partial charge in [0.25, 0.3) is 0 Å². The fourth-order valence-electron chi connectivity index (χ4n) is 1.88. The topological polar surface area (TPSA) is 39.4 Å². The molecular weight excluding hydrogens is 273 g/mol. The summed E-state index contributed by atoms with van der Waals surface area (Å²) in [5, 5.41) is -0.166. The van der Waals surface area contributed by atoms with Crippen molar-refractivity contribution in [3.05, 3.63) is 52.4 Å². The van der Waals surface area contributed by atoms with E-state index >= 15 is 0 Å². The lowest BCUT2D eigenvalue weighted by Crippen LogP contribution is -2.11. The molecule has 2 rings (SSSR count). The highest BCUT2D eigenvalue weighted by Gasteiger charge is 2.34. The van der Waals surface area contributed by atoms with Crippen molar-refractivity contribution in [1.82, 2.24) is 0 Å². The zero-order valence-electron chi connectivity index (χ0n) is 10.6. The average Bonchev–Trinajstić information content (AvgIpc) is 2.37. The number of halogens is 3. The number of alkyl halides is 3. The number of hydrogen-bond donors (Lipinski definition) is 0. The minimum Gasteiger partial charge on any atom is -0.489 e. The lowest BCUT2D eigenvalue weighted by Gasteiger charge is -2.12. The SMILES string of the molecule is C=CCOc1ccc2c(C(F)(F)F)cc(=O)oc2c1C. The van der Waals surface area contributed by atoms with Crippen molar-refractivity contribution in [3.63, 3.8) is 0 Å². The Morgan fingerprint density at radius 1 is 1.40 bits per heavy atom. The van der Waals surface area contributed by atoms with E-state index in [0.717, 1.165) is 0 Å². The van der Waals surface area contributed by atoms with Crippen molar-refractivity contribution in [1.29, 1.82) is 0 Å². The highest BCUT2D eigenvalue weighted by Crippen LogP contribution is 2.36. The summed E-state index contributed by atoms with van der Waals surface area (Å²) in [7, 11) is 0. The second-order valence-electron chi connectivity index (χ2n) is 4.14. The Hall–Kier alpha value is -2.24. The van der Waals surface area contributed by atoms with Gasteiger partial charge in [0, 0.05) is 17.0 Å². The van der Waals surface area contributed by atoms with Gasteiger partial charge in [-0.2, -0.15) is 13.2 Å². The van der Waals surface area contributed by atoms with Gasteiger partial charge in [-0.3, -0.25) is 0 Å². The molecular formula is C14H11F3O3. The molecule has 106 valence electrons. The molecule has 0 aliphatic carbocycles. The first-order chi connectivity index (χ1) is 9.34. The molecule has 1 aromatic heterocycles. The Labute approximate surface area is 112 Å². The van der Waals surface area contributed by atoms with Gasteiger partial charge in [0.05, 0.1) is 5.56 Å². The Balaban J connectivity index is 2.73. The molecule has 20 heavy (non-hydrogen) atoms. The smallest absolute Gasteiger partial charge is 0.417 e. The zero-order valence-corrected chi connectivity index (χ0v) is 10.6. The van der Waals surface area contributed by atoms with Gasteiger partial charge >= 0.3 is 11.8 Å². The third kappa shape index (κ3) is 2.54. The molecule has 0 spiro atoms. The van der Waals surface area contributed by atoms with Crippen LogP contribution in [0.5, 0.6) is 5.75 Å². The first kappa shape index (κ1) is 14.2. The van der Waals surface area contributed by atoms with Crippen LogP contribution >= 0.6 is 0 Å². The van der Waals surface area contributed by atoms with Gasteiger partial charge in [0.15, 0.2) is 0 Å². The predicted octanol–water partition coefficient (Wildman–Crippen LogP) is 3.69. The highest BCUT2D eigenvalue weighted by molar-refractivity contribution is 5.85. The van der Waals surface area contributed by atoms with E-state index in [2.05, 4.69) is 6.58 Å². The molecule has 0 fully saturated rings. The Morgan fingerprint density at radius 3 is 2.70 bits per heavy atom. The van der Waals surface area contributed by atoms with E-state index in [1.807, 2.05) is 0 Å². The van der Waals surface area contributed by atoms with Crippen LogP contribution in [0.3, 0.4) is 0 Å². The van der Waals surface area contributed by atoms with Crippen LogP contribution in [-0.2, 0) is 6.18 Å². The predicted molar refractivity (Wildman–Crippen MR) is 67.9 cm³/mol. The summed E-state index contributed by atoms with van der Waals surface area (Å²) < 4.78 is 48.9. The number of fused-ring (bicyclic) bond motifs is 1. The maximum atomic E-state index is 12.9. The second-order valence-corrected chi connectivity index (χ2v) is 4.14. The molecule has 0 saturated heterocycles. The number of benzene rings is 1. The van der Waals surface area contributed by atoms with Crippen LogP contribution in [0, 0.1) is 6.92 Å². The van der Waals surface area contributed by atoms with E-state index in [0.29, 0.717) is 17.4 Å².